The predicted octanol–water partition coefficient (Wildman–Crippen LogP) is 0.197. The average molecular weight is 216 g/mol. The Balaban J connectivity index is 4.58. The molecule has 15 heavy (non-hydrogen) atoms. The van der Waals surface area contributed by atoms with E-state index in [1.807, 2.05) is 0 Å². The summed E-state index contributed by atoms with van der Waals surface area (Å²) >= 11 is 0. The molecule has 0 heterocycles. The summed E-state index contributed by atoms with van der Waals surface area (Å²) in [5.74, 6) is -1.71. The lowest BCUT2D eigenvalue weighted by atomic mass is 9.86. The third-order valence-electron chi connectivity index (χ3n) is 2.20. The van der Waals surface area contributed by atoms with Crippen molar-refractivity contribution in [1.29, 1.82) is 0 Å². The lowest BCUT2D eigenvalue weighted by Crippen LogP contribution is -2.51. The van der Waals surface area contributed by atoms with Gasteiger partial charge >= 0.3 is 5.97 Å². The molecule has 0 aromatic carbocycles. The number of carbonyl (C=O) groups excluding carboxylic acids is 1. The summed E-state index contributed by atoms with van der Waals surface area (Å²) < 4.78 is 0. The van der Waals surface area contributed by atoms with E-state index in [1.54, 1.807) is 27.7 Å². The van der Waals surface area contributed by atoms with Gasteiger partial charge in [-0.15, -0.1) is 0 Å². The van der Waals surface area contributed by atoms with Gasteiger partial charge in [-0.3, -0.25) is 4.79 Å². The fourth-order valence-corrected chi connectivity index (χ4v) is 1.04. The van der Waals surface area contributed by atoms with Gasteiger partial charge < -0.3 is 16.2 Å². The number of nitrogens with two attached hydrogens (primary N) is 1. The molecule has 4 N–H and O–H groups in total. The molecule has 0 aromatic rings. The monoisotopic (exact) mass is 216 g/mol. The smallest absolute Gasteiger partial charge is 0.326 e. The SMILES string of the molecule is CC(CN)C(=O)N[C@H](C(=O)O)C(C)(C)C. The molecule has 0 fully saturated rings. The van der Waals surface area contributed by atoms with Gasteiger partial charge in [0.2, 0.25) is 5.91 Å². The second-order valence-electron chi connectivity index (χ2n) is 4.78. The number of carbonyl (C=O) groups is 2. The molecule has 1 unspecified atom stereocenters. The topological polar surface area (TPSA) is 92.4 Å². The fraction of sp³-hybridized carbons (Fsp3) is 0.800. The van der Waals surface area contributed by atoms with Crippen LogP contribution in [0.5, 0.6) is 0 Å². The van der Waals surface area contributed by atoms with Crippen LogP contribution in [-0.2, 0) is 9.59 Å². The highest BCUT2D eigenvalue weighted by molar-refractivity contribution is 5.85. The average Bonchev–Trinajstić information content (AvgIpc) is 2.09. The Bertz CT molecular complexity index is 246. The maximum Gasteiger partial charge on any atom is 0.326 e. The molecule has 88 valence electrons. The predicted molar refractivity (Wildman–Crippen MR) is 57.2 cm³/mol. The first kappa shape index (κ1) is 13.9. The molecule has 5 heteroatoms. The minimum Gasteiger partial charge on any atom is -0.480 e. The largest absolute Gasteiger partial charge is 0.480 e. The number of amides is 1. The van der Waals surface area contributed by atoms with E-state index in [-0.39, 0.29) is 18.4 Å². The van der Waals surface area contributed by atoms with Gasteiger partial charge in [0, 0.05) is 12.5 Å². The van der Waals surface area contributed by atoms with E-state index in [0.717, 1.165) is 0 Å². The molecule has 0 saturated carbocycles. The maximum absolute atomic E-state index is 11.5. The van der Waals surface area contributed by atoms with Crippen molar-refractivity contribution in [2.24, 2.45) is 17.1 Å². The van der Waals surface area contributed by atoms with Crippen molar-refractivity contribution in [2.75, 3.05) is 6.54 Å². The molecule has 0 aliphatic rings. The number of nitrogens with one attached hydrogen (secondary N) is 1. The van der Waals surface area contributed by atoms with E-state index in [4.69, 9.17) is 10.8 Å². The standard InChI is InChI=1S/C10H20N2O3/c1-6(5-11)8(13)12-7(9(14)15)10(2,3)4/h6-7H,5,11H2,1-4H3,(H,12,13)(H,14,15)/t6?,7-/m1/s1. The first-order chi connectivity index (χ1) is 6.70. The molecule has 0 aliphatic heterocycles. The van der Waals surface area contributed by atoms with Gasteiger partial charge in [-0.25, -0.2) is 4.79 Å². The summed E-state index contributed by atoms with van der Waals surface area (Å²) in [5.41, 5.74) is 4.81. The second-order valence-corrected chi connectivity index (χ2v) is 4.78. The number of hydrogen-bond donors (Lipinski definition) is 3. The minimum atomic E-state index is -1.03. The molecule has 0 aromatic heterocycles. The Morgan fingerprint density at radius 1 is 1.40 bits per heavy atom. The molecule has 0 spiro atoms. The van der Waals surface area contributed by atoms with Crippen LogP contribution < -0.4 is 11.1 Å². The third-order valence-corrected chi connectivity index (χ3v) is 2.20. The zero-order valence-corrected chi connectivity index (χ0v) is 9.70. The van der Waals surface area contributed by atoms with Gasteiger partial charge in [-0.2, -0.15) is 0 Å². The number of rotatable bonds is 4. The lowest BCUT2D eigenvalue weighted by Gasteiger charge is -2.28. The number of carboxylic acid groups (broad SMARTS) is 1. The van der Waals surface area contributed by atoms with Crippen molar-refractivity contribution in [3.05, 3.63) is 0 Å². The van der Waals surface area contributed by atoms with Gasteiger partial charge in [0.05, 0.1) is 0 Å². The van der Waals surface area contributed by atoms with Crippen molar-refractivity contribution < 1.29 is 14.7 Å². The van der Waals surface area contributed by atoms with Crippen LogP contribution in [0, 0.1) is 11.3 Å². The Morgan fingerprint density at radius 2 is 1.87 bits per heavy atom. The molecular weight excluding hydrogens is 196 g/mol. The molecule has 0 saturated heterocycles. The highest BCUT2D eigenvalue weighted by atomic mass is 16.4. The van der Waals surface area contributed by atoms with E-state index in [2.05, 4.69) is 5.32 Å². The molecule has 1 amide bonds. The molecular formula is C10H20N2O3. The Kier molecular flexibility index (Phi) is 4.74. The zero-order valence-electron chi connectivity index (χ0n) is 9.70. The second kappa shape index (κ2) is 5.11. The molecule has 2 atom stereocenters. The number of aliphatic carboxylic acids is 1. The molecule has 0 bridgehead atoms. The first-order valence-corrected chi connectivity index (χ1v) is 4.93. The Morgan fingerprint density at radius 3 is 2.13 bits per heavy atom. The fourth-order valence-electron chi connectivity index (χ4n) is 1.04. The molecule has 5 nitrogen and oxygen atoms in total. The van der Waals surface area contributed by atoms with Crippen LogP contribution in [0.15, 0.2) is 0 Å². The summed E-state index contributed by atoms with van der Waals surface area (Å²) in [6.45, 7) is 7.16. The van der Waals surface area contributed by atoms with E-state index in [9.17, 15) is 9.59 Å². The van der Waals surface area contributed by atoms with Gasteiger partial charge in [0.1, 0.15) is 6.04 Å². The lowest BCUT2D eigenvalue weighted by molar-refractivity contribution is -0.145. The highest BCUT2D eigenvalue weighted by Crippen LogP contribution is 2.19. The first-order valence-electron chi connectivity index (χ1n) is 4.93. The van der Waals surface area contributed by atoms with E-state index < -0.39 is 17.4 Å². The van der Waals surface area contributed by atoms with Gasteiger partial charge in [0.25, 0.3) is 0 Å². The minimum absolute atomic E-state index is 0.211. The van der Waals surface area contributed by atoms with Crippen molar-refractivity contribution >= 4 is 11.9 Å². The van der Waals surface area contributed by atoms with Crippen LogP contribution >= 0.6 is 0 Å². The third kappa shape index (κ3) is 4.29. The van der Waals surface area contributed by atoms with Gasteiger partial charge in [0.15, 0.2) is 0 Å². The normalized spacial score (nSPS) is 15.5. The molecule has 0 aliphatic carbocycles. The van der Waals surface area contributed by atoms with E-state index in [0.29, 0.717) is 0 Å². The van der Waals surface area contributed by atoms with Gasteiger partial charge in [-0.05, 0) is 5.41 Å². The van der Waals surface area contributed by atoms with Crippen LogP contribution in [0.1, 0.15) is 27.7 Å². The Hall–Kier alpha value is -1.10. The summed E-state index contributed by atoms with van der Waals surface area (Å²) in [4.78, 5) is 22.4. The quantitative estimate of drug-likeness (QED) is 0.625. The van der Waals surface area contributed by atoms with Crippen molar-refractivity contribution in [3.8, 4) is 0 Å². The van der Waals surface area contributed by atoms with Crippen molar-refractivity contribution in [1.82, 2.24) is 5.32 Å². The van der Waals surface area contributed by atoms with E-state index >= 15 is 0 Å². The molecule has 0 rings (SSSR count). The van der Waals surface area contributed by atoms with Crippen LogP contribution in [0.3, 0.4) is 0 Å². The van der Waals surface area contributed by atoms with E-state index in [1.165, 1.54) is 0 Å². The number of hydrogen-bond acceptors (Lipinski definition) is 3. The van der Waals surface area contributed by atoms with Crippen LogP contribution in [0.25, 0.3) is 0 Å². The van der Waals surface area contributed by atoms with Crippen molar-refractivity contribution in [2.45, 2.75) is 33.7 Å². The summed E-state index contributed by atoms with van der Waals surface area (Å²) in [7, 11) is 0. The van der Waals surface area contributed by atoms with Gasteiger partial charge in [-0.1, -0.05) is 27.7 Å². The summed E-state index contributed by atoms with van der Waals surface area (Å²) in [6.07, 6.45) is 0. The van der Waals surface area contributed by atoms with Crippen LogP contribution in [0.2, 0.25) is 0 Å². The summed E-state index contributed by atoms with van der Waals surface area (Å²) in [5, 5.41) is 11.5. The van der Waals surface area contributed by atoms with Crippen molar-refractivity contribution in [3.63, 3.8) is 0 Å². The zero-order chi connectivity index (χ0) is 12.2. The van der Waals surface area contributed by atoms with Crippen LogP contribution in [-0.4, -0.2) is 29.6 Å². The number of carboxylic acids is 1. The highest BCUT2D eigenvalue weighted by Gasteiger charge is 2.33. The van der Waals surface area contributed by atoms with Crippen LogP contribution in [0.4, 0.5) is 0 Å². The maximum atomic E-state index is 11.5. The summed E-state index contributed by atoms with van der Waals surface area (Å²) in [6, 6.07) is -0.890. The Labute approximate surface area is 90.0 Å². The molecule has 0 radical (unpaired) electrons.